The average Bonchev–Trinajstić information content (AvgIpc) is 2.27. The van der Waals surface area contributed by atoms with Gasteiger partial charge in [-0.1, -0.05) is 32.9 Å². The molecule has 0 aliphatic heterocycles. The Hall–Kier alpha value is -1.64. The van der Waals surface area contributed by atoms with E-state index in [1.165, 1.54) is 0 Å². The predicted molar refractivity (Wildman–Crippen MR) is 84.4 cm³/mol. The van der Waals surface area contributed by atoms with Crippen LogP contribution in [-0.2, 0) is 11.0 Å². The van der Waals surface area contributed by atoms with Gasteiger partial charge in [-0.2, -0.15) is 0 Å². The maximum Gasteiger partial charge on any atom is 0.261 e. The fraction of sp³-hybridized carbons (Fsp3) is 0.529. The molecule has 3 nitrogen and oxygen atoms in total. The number of benzene rings is 1. The Kier molecular flexibility index (Phi) is 3.28. The number of para-hydroxylation sites is 1. The van der Waals surface area contributed by atoms with E-state index in [-0.39, 0.29) is 16.5 Å². The van der Waals surface area contributed by atoms with Crippen LogP contribution in [-0.4, -0.2) is 9.55 Å². The van der Waals surface area contributed by atoms with Gasteiger partial charge in [-0.25, -0.2) is 4.98 Å². The van der Waals surface area contributed by atoms with E-state index in [4.69, 9.17) is 4.98 Å². The van der Waals surface area contributed by atoms with Gasteiger partial charge >= 0.3 is 0 Å². The molecule has 0 atom stereocenters. The Morgan fingerprint density at radius 3 is 2.15 bits per heavy atom. The molecule has 1 aromatic carbocycles. The van der Waals surface area contributed by atoms with Crippen molar-refractivity contribution in [1.82, 2.24) is 9.55 Å². The minimum absolute atomic E-state index is 0.0520. The van der Waals surface area contributed by atoms with Crippen LogP contribution in [0.4, 0.5) is 0 Å². The fourth-order valence-corrected chi connectivity index (χ4v) is 2.48. The van der Waals surface area contributed by atoms with Crippen molar-refractivity contribution in [2.75, 3.05) is 0 Å². The summed E-state index contributed by atoms with van der Waals surface area (Å²) >= 11 is 0. The van der Waals surface area contributed by atoms with Crippen LogP contribution in [0.25, 0.3) is 10.9 Å². The maximum absolute atomic E-state index is 12.9. The van der Waals surface area contributed by atoms with Crippen LogP contribution in [0.5, 0.6) is 0 Å². The summed E-state index contributed by atoms with van der Waals surface area (Å²) in [5.41, 5.74) is 1.46. The summed E-state index contributed by atoms with van der Waals surface area (Å²) in [7, 11) is 0. The molecular formula is C17H24N2O. The SMILES string of the molecule is Cc1cccc2c(=O)n(C(C)(C)C)c(C(C)(C)C)nc12. The monoisotopic (exact) mass is 272 g/mol. The fourth-order valence-electron chi connectivity index (χ4n) is 2.48. The van der Waals surface area contributed by atoms with Crippen LogP contribution in [0.1, 0.15) is 52.9 Å². The third-order valence-electron chi connectivity index (χ3n) is 3.44. The van der Waals surface area contributed by atoms with Gasteiger partial charge in [-0.15, -0.1) is 0 Å². The quantitative estimate of drug-likeness (QED) is 0.732. The van der Waals surface area contributed by atoms with E-state index >= 15 is 0 Å². The summed E-state index contributed by atoms with van der Waals surface area (Å²) < 4.78 is 1.84. The molecule has 0 N–H and O–H groups in total. The summed E-state index contributed by atoms with van der Waals surface area (Å²) in [5.74, 6) is 0.844. The third kappa shape index (κ3) is 2.37. The lowest BCUT2D eigenvalue weighted by molar-refractivity contribution is 0.338. The van der Waals surface area contributed by atoms with Gasteiger partial charge in [0.05, 0.1) is 10.9 Å². The highest BCUT2D eigenvalue weighted by Crippen LogP contribution is 2.26. The van der Waals surface area contributed by atoms with Crippen molar-refractivity contribution in [2.45, 2.75) is 59.4 Å². The normalized spacial score (nSPS) is 12.9. The highest BCUT2D eigenvalue weighted by molar-refractivity contribution is 5.80. The van der Waals surface area contributed by atoms with Crippen LogP contribution < -0.4 is 5.56 Å². The van der Waals surface area contributed by atoms with Gasteiger partial charge in [-0.05, 0) is 39.3 Å². The van der Waals surface area contributed by atoms with Gasteiger partial charge in [0.15, 0.2) is 0 Å². The number of aromatic nitrogens is 2. The number of fused-ring (bicyclic) bond motifs is 1. The van der Waals surface area contributed by atoms with Crippen molar-refractivity contribution in [2.24, 2.45) is 0 Å². The number of nitrogens with zero attached hydrogens (tertiary/aromatic N) is 2. The van der Waals surface area contributed by atoms with Crippen LogP contribution in [0.2, 0.25) is 0 Å². The number of rotatable bonds is 0. The number of aryl methyl sites for hydroxylation is 1. The number of hydrogen-bond acceptors (Lipinski definition) is 2. The third-order valence-corrected chi connectivity index (χ3v) is 3.44. The van der Waals surface area contributed by atoms with Crippen LogP contribution >= 0.6 is 0 Å². The molecular weight excluding hydrogens is 248 g/mol. The molecule has 0 aliphatic rings. The Labute approximate surface area is 120 Å². The van der Waals surface area contributed by atoms with Gasteiger partial charge in [0.25, 0.3) is 5.56 Å². The van der Waals surface area contributed by atoms with Gasteiger partial charge in [0.1, 0.15) is 5.82 Å². The van der Waals surface area contributed by atoms with Gasteiger partial charge in [-0.3, -0.25) is 9.36 Å². The summed E-state index contributed by atoms with van der Waals surface area (Å²) in [4.78, 5) is 17.8. The molecule has 0 saturated heterocycles. The molecule has 0 unspecified atom stereocenters. The second-order valence-corrected chi connectivity index (χ2v) is 7.47. The first-order valence-corrected chi connectivity index (χ1v) is 7.07. The Morgan fingerprint density at radius 2 is 1.65 bits per heavy atom. The molecule has 0 spiro atoms. The minimum Gasteiger partial charge on any atom is -0.290 e. The summed E-state index contributed by atoms with van der Waals surface area (Å²) in [5, 5.41) is 0.702. The first-order chi connectivity index (χ1) is 9.03. The Morgan fingerprint density at radius 1 is 1.05 bits per heavy atom. The highest BCUT2D eigenvalue weighted by atomic mass is 16.1. The van der Waals surface area contributed by atoms with E-state index in [1.807, 2.05) is 50.5 Å². The second kappa shape index (κ2) is 4.44. The van der Waals surface area contributed by atoms with E-state index < -0.39 is 0 Å². The summed E-state index contributed by atoms with van der Waals surface area (Å²) in [6.07, 6.45) is 0. The molecule has 0 amide bonds. The summed E-state index contributed by atoms with van der Waals surface area (Å²) in [6.45, 7) is 14.4. The lowest BCUT2D eigenvalue weighted by Gasteiger charge is -2.31. The zero-order valence-corrected chi connectivity index (χ0v) is 13.5. The van der Waals surface area contributed by atoms with Gasteiger partial charge < -0.3 is 0 Å². The van der Waals surface area contributed by atoms with Crippen molar-refractivity contribution >= 4 is 10.9 Å². The first-order valence-electron chi connectivity index (χ1n) is 7.07. The van der Waals surface area contributed by atoms with E-state index in [2.05, 4.69) is 20.8 Å². The van der Waals surface area contributed by atoms with Crippen LogP contribution in [0, 0.1) is 6.92 Å². The second-order valence-electron chi connectivity index (χ2n) is 7.47. The van der Waals surface area contributed by atoms with E-state index in [1.54, 1.807) is 0 Å². The maximum atomic E-state index is 12.9. The van der Waals surface area contributed by atoms with Crippen molar-refractivity contribution < 1.29 is 0 Å². The average molecular weight is 272 g/mol. The van der Waals surface area contributed by atoms with Crippen molar-refractivity contribution in [1.29, 1.82) is 0 Å². The Bertz CT molecular complexity index is 713. The molecule has 1 aromatic heterocycles. The predicted octanol–water partition coefficient (Wildman–Crippen LogP) is 3.76. The summed E-state index contributed by atoms with van der Waals surface area (Å²) in [6, 6.07) is 5.79. The number of hydrogen-bond donors (Lipinski definition) is 0. The van der Waals surface area contributed by atoms with Gasteiger partial charge in [0.2, 0.25) is 0 Å². The lowest BCUT2D eigenvalue weighted by Crippen LogP contribution is -2.40. The zero-order chi connectivity index (χ0) is 15.3. The van der Waals surface area contributed by atoms with Crippen molar-refractivity contribution in [3.05, 3.63) is 39.9 Å². The van der Waals surface area contributed by atoms with Crippen LogP contribution in [0.15, 0.2) is 23.0 Å². The van der Waals surface area contributed by atoms with Gasteiger partial charge in [0, 0.05) is 11.0 Å². The Balaban J connectivity index is 3.04. The van der Waals surface area contributed by atoms with E-state index in [0.29, 0.717) is 5.39 Å². The molecule has 2 aromatic rings. The molecule has 0 aliphatic carbocycles. The standard InChI is InChI=1S/C17H24N2O/c1-11-9-8-10-12-13(11)18-15(16(2,3)4)19(14(12)20)17(5,6)7/h8-10H,1-7H3. The molecule has 0 saturated carbocycles. The molecule has 3 heteroatoms. The molecule has 0 bridgehead atoms. The molecule has 0 fully saturated rings. The van der Waals surface area contributed by atoms with E-state index in [9.17, 15) is 4.79 Å². The molecule has 1 heterocycles. The van der Waals surface area contributed by atoms with E-state index in [0.717, 1.165) is 16.9 Å². The smallest absolute Gasteiger partial charge is 0.261 e. The largest absolute Gasteiger partial charge is 0.290 e. The topological polar surface area (TPSA) is 34.9 Å². The zero-order valence-electron chi connectivity index (χ0n) is 13.5. The molecule has 2 rings (SSSR count). The van der Waals surface area contributed by atoms with Crippen molar-refractivity contribution in [3.8, 4) is 0 Å². The van der Waals surface area contributed by atoms with Crippen LogP contribution in [0.3, 0.4) is 0 Å². The molecule has 0 radical (unpaired) electrons. The molecule has 20 heavy (non-hydrogen) atoms. The lowest BCUT2D eigenvalue weighted by atomic mass is 9.92. The van der Waals surface area contributed by atoms with Crippen molar-refractivity contribution in [3.63, 3.8) is 0 Å². The minimum atomic E-state index is -0.287. The molecule has 108 valence electrons. The first kappa shape index (κ1) is 14.8. The highest BCUT2D eigenvalue weighted by Gasteiger charge is 2.28.